The van der Waals surface area contributed by atoms with E-state index in [1.165, 1.54) is 0 Å². The summed E-state index contributed by atoms with van der Waals surface area (Å²) in [6.07, 6.45) is 3.34. The van der Waals surface area contributed by atoms with Crippen LogP contribution in [0.2, 0.25) is 0 Å². The molecule has 3 aromatic rings. The molecule has 0 amide bonds. The molecule has 0 unspecified atom stereocenters. The number of likely N-dealkylation sites (N-methyl/N-ethyl adjacent to an activating group) is 1. The molecule has 124 valence electrons. The second-order valence-corrected chi connectivity index (χ2v) is 5.75. The van der Waals surface area contributed by atoms with Gasteiger partial charge in [-0.05, 0) is 37.9 Å². The highest BCUT2D eigenvalue weighted by molar-refractivity contribution is 5.88. The Morgan fingerprint density at radius 2 is 1.96 bits per heavy atom. The molecule has 0 fully saturated rings. The number of pyridine rings is 1. The summed E-state index contributed by atoms with van der Waals surface area (Å²) in [6, 6.07) is 11.9. The van der Waals surface area contributed by atoms with Crippen molar-refractivity contribution in [2.75, 3.05) is 32.6 Å². The summed E-state index contributed by atoms with van der Waals surface area (Å²) in [6.45, 7) is 2.12. The number of hydrogen-bond acceptors (Lipinski definition) is 6. The van der Waals surface area contributed by atoms with Crippen LogP contribution in [0.15, 0.2) is 48.9 Å². The second kappa shape index (κ2) is 7.70. The van der Waals surface area contributed by atoms with Crippen LogP contribution in [-0.4, -0.2) is 47.1 Å². The van der Waals surface area contributed by atoms with Crippen molar-refractivity contribution >= 4 is 16.7 Å². The summed E-state index contributed by atoms with van der Waals surface area (Å²) in [5.41, 5.74) is 2.02. The monoisotopic (exact) mass is 323 g/mol. The lowest BCUT2D eigenvalue weighted by atomic mass is 10.2. The first-order valence-electron chi connectivity index (χ1n) is 7.88. The van der Waals surface area contributed by atoms with Crippen LogP contribution in [-0.2, 0) is 6.54 Å². The van der Waals surface area contributed by atoms with Gasteiger partial charge in [0.25, 0.3) is 0 Å². The van der Waals surface area contributed by atoms with E-state index in [-0.39, 0.29) is 0 Å². The summed E-state index contributed by atoms with van der Waals surface area (Å²) in [4.78, 5) is 14.9. The van der Waals surface area contributed by atoms with Gasteiger partial charge in [0.15, 0.2) is 0 Å². The van der Waals surface area contributed by atoms with Gasteiger partial charge in [-0.15, -0.1) is 0 Å². The SMILES string of the molecule is CN(C)CCOc1cc(CNc2ncnc3ccccc23)ccn1. The zero-order chi connectivity index (χ0) is 16.8. The summed E-state index contributed by atoms with van der Waals surface area (Å²) >= 11 is 0. The minimum atomic E-state index is 0.618. The molecule has 1 aromatic carbocycles. The predicted octanol–water partition coefficient (Wildman–Crippen LogP) is 2.58. The lowest BCUT2D eigenvalue weighted by Crippen LogP contribution is -2.19. The molecule has 0 spiro atoms. The van der Waals surface area contributed by atoms with Gasteiger partial charge in [0.05, 0.1) is 5.52 Å². The van der Waals surface area contributed by atoms with Gasteiger partial charge in [-0.25, -0.2) is 15.0 Å². The first kappa shape index (κ1) is 16.1. The molecule has 0 aliphatic carbocycles. The van der Waals surface area contributed by atoms with Crippen molar-refractivity contribution in [3.8, 4) is 5.88 Å². The van der Waals surface area contributed by atoms with E-state index >= 15 is 0 Å². The lowest BCUT2D eigenvalue weighted by Gasteiger charge is -2.11. The van der Waals surface area contributed by atoms with Crippen LogP contribution in [0.5, 0.6) is 5.88 Å². The van der Waals surface area contributed by atoms with Crippen molar-refractivity contribution in [2.45, 2.75) is 6.54 Å². The third kappa shape index (κ3) is 4.17. The largest absolute Gasteiger partial charge is 0.476 e. The number of benzene rings is 1. The van der Waals surface area contributed by atoms with E-state index in [0.717, 1.165) is 28.8 Å². The number of ether oxygens (including phenoxy) is 1. The number of nitrogens with one attached hydrogen (secondary N) is 1. The fourth-order valence-corrected chi connectivity index (χ4v) is 2.30. The zero-order valence-corrected chi connectivity index (χ0v) is 13.9. The molecule has 0 saturated heterocycles. The van der Waals surface area contributed by atoms with Crippen molar-refractivity contribution in [3.05, 3.63) is 54.5 Å². The standard InChI is InChI=1S/C18H21N5O/c1-23(2)9-10-24-17-11-14(7-8-19-17)12-20-18-15-5-3-4-6-16(15)21-13-22-18/h3-8,11,13H,9-10,12H2,1-2H3,(H,20,21,22). The summed E-state index contributed by atoms with van der Waals surface area (Å²) < 4.78 is 5.67. The lowest BCUT2D eigenvalue weighted by molar-refractivity contribution is 0.253. The van der Waals surface area contributed by atoms with Crippen molar-refractivity contribution in [1.82, 2.24) is 19.9 Å². The fraction of sp³-hybridized carbons (Fsp3) is 0.278. The topological polar surface area (TPSA) is 63.2 Å². The molecule has 0 atom stereocenters. The Labute approximate surface area is 141 Å². The van der Waals surface area contributed by atoms with Gasteiger partial charge in [-0.2, -0.15) is 0 Å². The molecular weight excluding hydrogens is 302 g/mol. The number of rotatable bonds is 7. The van der Waals surface area contributed by atoms with Gasteiger partial charge in [-0.3, -0.25) is 0 Å². The maximum absolute atomic E-state index is 5.67. The molecule has 0 bridgehead atoms. The third-order valence-electron chi connectivity index (χ3n) is 3.59. The molecule has 0 saturated carbocycles. The van der Waals surface area contributed by atoms with Gasteiger partial charge in [-0.1, -0.05) is 12.1 Å². The van der Waals surface area contributed by atoms with Gasteiger partial charge in [0.2, 0.25) is 5.88 Å². The summed E-state index contributed by atoms with van der Waals surface area (Å²) in [5, 5.41) is 4.37. The van der Waals surface area contributed by atoms with Crippen molar-refractivity contribution < 1.29 is 4.74 Å². The van der Waals surface area contributed by atoms with Crippen LogP contribution in [0, 0.1) is 0 Å². The van der Waals surface area contributed by atoms with E-state index in [4.69, 9.17) is 4.74 Å². The molecule has 24 heavy (non-hydrogen) atoms. The van der Waals surface area contributed by atoms with Crippen LogP contribution >= 0.6 is 0 Å². The first-order valence-corrected chi connectivity index (χ1v) is 7.88. The van der Waals surface area contributed by atoms with E-state index in [1.807, 2.05) is 50.5 Å². The quantitative estimate of drug-likeness (QED) is 0.721. The minimum Gasteiger partial charge on any atom is -0.476 e. The Balaban J connectivity index is 1.66. The highest BCUT2D eigenvalue weighted by atomic mass is 16.5. The molecule has 2 aromatic heterocycles. The predicted molar refractivity (Wildman–Crippen MR) is 95.2 cm³/mol. The molecule has 0 aliphatic heterocycles. The number of nitrogens with zero attached hydrogens (tertiary/aromatic N) is 4. The summed E-state index contributed by atoms with van der Waals surface area (Å²) in [5.74, 6) is 1.47. The Morgan fingerprint density at radius 3 is 2.83 bits per heavy atom. The van der Waals surface area contributed by atoms with Gasteiger partial charge in [0.1, 0.15) is 18.8 Å². The van der Waals surface area contributed by atoms with Crippen molar-refractivity contribution in [1.29, 1.82) is 0 Å². The second-order valence-electron chi connectivity index (χ2n) is 5.75. The van der Waals surface area contributed by atoms with Crippen LogP contribution in [0.1, 0.15) is 5.56 Å². The minimum absolute atomic E-state index is 0.618. The van der Waals surface area contributed by atoms with Gasteiger partial charge >= 0.3 is 0 Å². The summed E-state index contributed by atoms with van der Waals surface area (Å²) in [7, 11) is 4.03. The molecule has 0 aliphatic rings. The zero-order valence-electron chi connectivity index (χ0n) is 13.9. The third-order valence-corrected chi connectivity index (χ3v) is 3.59. The first-order chi connectivity index (χ1) is 11.7. The maximum atomic E-state index is 5.67. The van der Waals surface area contributed by atoms with Crippen molar-refractivity contribution in [3.63, 3.8) is 0 Å². The van der Waals surface area contributed by atoms with E-state index < -0.39 is 0 Å². The average Bonchev–Trinajstić information content (AvgIpc) is 2.60. The average molecular weight is 323 g/mol. The van der Waals surface area contributed by atoms with E-state index in [2.05, 4.69) is 25.2 Å². The molecule has 0 radical (unpaired) electrons. The Hall–Kier alpha value is -2.73. The Bertz CT molecular complexity index is 801. The Kier molecular flexibility index (Phi) is 5.18. The number of anilines is 1. The molecule has 2 heterocycles. The Morgan fingerprint density at radius 1 is 1.08 bits per heavy atom. The molecular formula is C18H21N5O. The van der Waals surface area contributed by atoms with E-state index in [0.29, 0.717) is 19.0 Å². The maximum Gasteiger partial charge on any atom is 0.213 e. The van der Waals surface area contributed by atoms with Crippen LogP contribution in [0.4, 0.5) is 5.82 Å². The van der Waals surface area contributed by atoms with E-state index in [9.17, 15) is 0 Å². The number of fused-ring (bicyclic) bond motifs is 1. The fourth-order valence-electron chi connectivity index (χ4n) is 2.30. The number of hydrogen-bond donors (Lipinski definition) is 1. The van der Waals surface area contributed by atoms with Crippen LogP contribution < -0.4 is 10.1 Å². The van der Waals surface area contributed by atoms with Crippen molar-refractivity contribution in [2.24, 2.45) is 0 Å². The molecule has 6 nitrogen and oxygen atoms in total. The van der Waals surface area contributed by atoms with Crippen LogP contribution in [0.3, 0.4) is 0 Å². The van der Waals surface area contributed by atoms with E-state index in [1.54, 1.807) is 12.5 Å². The number of aromatic nitrogens is 3. The van der Waals surface area contributed by atoms with Gasteiger partial charge in [0, 0.05) is 30.7 Å². The molecule has 1 N–H and O–H groups in total. The number of para-hydroxylation sites is 1. The van der Waals surface area contributed by atoms with Crippen LogP contribution in [0.25, 0.3) is 10.9 Å². The smallest absolute Gasteiger partial charge is 0.213 e. The highest BCUT2D eigenvalue weighted by Gasteiger charge is 2.04. The molecule has 3 rings (SSSR count). The molecule has 6 heteroatoms. The van der Waals surface area contributed by atoms with Gasteiger partial charge < -0.3 is 15.0 Å². The highest BCUT2D eigenvalue weighted by Crippen LogP contribution is 2.19. The normalized spacial score (nSPS) is 11.0.